The first kappa shape index (κ1) is 16.0. The van der Waals surface area contributed by atoms with E-state index in [4.69, 9.17) is 0 Å². The molecule has 0 atom stereocenters. The number of carbonyl (C=O) groups excluding carboxylic acids is 2. The minimum atomic E-state index is -0.739. The maximum absolute atomic E-state index is 12.5. The second kappa shape index (κ2) is 5.34. The van der Waals surface area contributed by atoms with Crippen molar-refractivity contribution in [2.24, 2.45) is 0 Å². The topological polar surface area (TPSA) is 74.6 Å². The summed E-state index contributed by atoms with van der Waals surface area (Å²) in [4.78, 5) is 24.9. The SMILES string of the molecule is CC(C)(C)c1cc(C2=C(O)c3ccccc3C(=O)C2=O)ccc1O. The fourth-order valence-corrected chi connectivity index (χ4v) is 2.93. The van der Waals surface area contributed by atoms with Crippen LogP contribution in [0.3, 0.4) is 0 Å². The van der Waals surface area contributed by atoms with Crippen molar-refractivity contribution in [2.75, 3.05) is 0 Å². The Labute approximate surface area is 140 Å². The van der Waals surface area contributed by atoms with Gasteiger partial charge in [0, 0.05) is 11.1 Å². The molecule has 4 heteroatoms. The molecule has 0 saturated carbocycles. The van der Waals surface area contributed by atoms with Gasteiger partial charge in [0.2, 0.25) is 11.6 Å². The van der Waals surface area contributed by atoms with Gasteiger partial charge in [-0.05, 0) is 28.7 Å². The van der Waals surface area contributed by atoms with Crippen LogP contribution in [0.5, 0.6) is 5.75 Å². The summed E-state index contributed by atoms with van der Waals surface area (Å²) in [6, 6.07) is 11.2. The van der Waals surface area contributed by atoms with E-state index in [0.717, 1.165) is 0 Å². The van der Waals surface area contributed by atoms with E-state index in [-0.39, 0.29) is 28.1 Å². The number of hydrogen-bond donors (Lipinski definition) is 2. The highest BCUT2D eigenvalue weighted by Gasteiger charge is 2.34. The predicted octanol–water partition coefficient (Wildman–Crippen LogP) is 3.88. The molecule has 0 radical (unpaired) electrons. The lowest BCUT2D eigenvalue weighted by Gasteiger charge is -2.23. The molecule has 3 rings (SSSR count). The number of phenolic OH excluding ortho intramolecular Hbond substituents is 1. The fourth-order valence-electron chi connectivity index (χ4n) is 2.93. The van der Waals surface area contributed by atoms with Crippen molar-refractivity contribution in [3.8, 4) is 5.75 Å². The molecule has 0 saturated heterocycles. The van der Waals surface area contributed by atoms with Gasteiger partial charge in [-0.25, -0.2) is 0 Å². The van der Waals surface area contributed by atoms with Crippen LogP contribution in [0.2, 0.25) is 0 Å². The fraction of sp³-hybridized carbons (Fsp3) is 0.200. The van der Waals surface area contributed by atoms with Gasteiger partial charge in [0.05, 0.1) is 5.57 Å². The van der Waals surface area contributed by atoms with E-state index in [0.29, 0.717) is 16.7 Å². The minimum absolute atomic E-state index is 0.0239. The van der Waals surface area contributed by atoms with Crippen molar-refractivity contribution in [3.05, 3.63) is 64.7 Å². The number of rotatable bonds is 1. The predicted molar refractivity (Wildman–Crippen MR) is 92.0 cm³/mol. The Balaban J connectivity index is 2.26. The third-order valence-corrected chi connectivity index (χ3v) is 4.19. The summed E-state index contributed by atoms with van der Waals surface area (Å²) in [6.07, 6.45) is 0. The van der Waals surface area contributed by atoms with Crippen LogP contribution < -0.4 is 0 Å². The molecule has 2 N–H and O–H groups in total. The number of aliphatic hydroxyl groups excluding tert-OH is 1. The van der Waals surface area contributed by atoms with Gasteiger partial charge in [-0.3, -0.25) is 9.59 Å². The first-order valence-corrected chi connectivity index (χ1v) is 7.67. The molecule has 0 unspecified atom stereocenters. The highest BCUT2D eigenvalue weighted by Crippen LogP contribution is 2.37. The van der Waals surface area contributed by atoms with Crippen molar-refractivity contribution in [3.63, 3.8) is 0 Å². The molecule has 0 aliphatic heterocycles. The molecular formula is C20H18O4. The summed E-state index contributed by atoms with van der Waals surface area (Å²) >= 11 is 0. The highest BCUT2D eigenvalue weighted by atomic mass is 16.3. The van der Waals surface area contributed by atoms with Gasteiger partial charge >= 0.3 is 0 Å². The molecule has 0 heterocycles. The molecule has 1 aliphatic carbocycles. The molecule has 4 nitrogen and oxygen atoms in total. The quantitative estimate of drug-likeness (QED) is 0.781. The molecule has 24 heavy (non-hydrogen) atoms. The van der Waals surface area contributed by atoms with Crippen LogP contribution in [0.1, 0.15) is 47.8 Å². The van der Waals surface area contributed by atoms with E-state index in [1.54, 1.807) is 24.3 Å². The highest BCUT2D eigenvalue weighted by molar-refractivity contribution is 6.62. The van der Waals surface area contributed by atoms with Crippen LogP contribution in [0.25, 0.3) is 11.3 Å². The zero-order valence-corrected chi connectivity index (χ0v) is 13.8. The molecule has 0 amide bonds. The molecule has 0 spiro atoms. The number of allylic oxidation sites excluding steroid dienone is 1. The van der Waals surface area contributed by atoms with Crippen LogP contribution >= 0.6 is 0 Å². The third-order valence-electron chi connectivity index (χ3n) is 4.19. The van der Waals surface area contributed by atoms with Crippen LogP contribution in [-0.4, -0.2) is 21.8 Å². The molecule has 122 valence electrons. The smallest absolute Gasteiger partial charge is 0.237 e. The number of hydrogen-bond acceptors (Lipinski definition) is 4. The molecule has 0 aromatic heterocycles. The van der Waals surface area contributed by atoms with Crippen LogP contribution in [0.4, 0.5) is 0 Å². The van der Waals surface area contributed by atoms with Gasteiger partial charge in [0.25, 0.3) is 0 Å². The number of aromatic hydroxyl groups is 1. The van der Waals surface area contributed by atoms with Crippen molar-refractivity contribution >= 4 is 22.9 Å². The summed E-state index contributed by atoms with van der Waals surface area (Å²) in [5, 5.41) is 20.6. The summed E-state index contributed by atoms with van der Waals surface area (Å²) in [5.41, 5.74) is 1.24. The number of ketones is 2. The van der Waals surface area contributed by atoms with Gasteiger partial charge < -0.3 is 10.2 Å². The van der Waals surface area contributed by atoms with Crippen molar-refractivity contribution in [1.29, 1.82) is 0 Å². The average Bonchev–Trinajstić information content (AvgIpc) is 2.53. The maximum atomic E-state index is 12.5. The Bertz CT molecular complexity index is 898. The maximum Gasteiger partial charge on any atom is 0.237 e. The number of aliphatic hydroxyl groups is 1. The van der Waals surface area contributed by atoms with Gasteiger partial charge in [-0.1, -0.05) is 51.1 Å². The lowest BCUT2D eigenvalue weighted by Crippen LogP contribution is -2.23. The second-order valence-electron chi connectivity index (χ2n) is 6.91. The normalized spacial score (nSPS) is 14.8. The van der Waals surface area contributed by atoms with Crippen molar-refractivity contribution in [2.45, 2.75) is 26.2 Å². The van der Waals surface area contributed by atoms with Gasteiger partial charge in [-0.15, -0.1) is 0 Å². The summed E-state index contributed by atoms with van der Waals surface area (Å²) in [5.74, 6) is -1.47. The van der Waals surface area contributed by atoms with Crippen LogP contribution in [-0.2, 0) is 10.2 Å². The van der Waals surface area contributed by atoms with Crippen LogP contribution in [0.15, 0.2) is 42.5 Å². The van der Waals surface area contributed by atoms with E-state index in [9.17, 15) is 19.8 Å². The van der Waals surface area contributed by atoms with Gasteiger partial charge in [0.15, 0.2) is 0 Å². The largest absolute Gasteiger partial charge is 0.508 e. The second-order valence-corrected chi connectivity index (χ2v) is 6.91. The number of phenols is 1. The molecule has 0 fully saturated rings. The summed E-state index contributed by atoms with van der Waals surface area (Å²) < 4.78 is 0. The molecule has 1 aliphatic rings. The Hall–Kier alpha value is -2.88. The van der Waals surface area contributed by atoms with Gasteiger partial charge in [-0.2, -0.15) is 0 Å². The number of Topliss-reactive ketones (excluding diaryl/α,β-unsaturated/α-hetero) is 2. The molecule has 2 aromatic carbocycles. The lowest BCUT2D eigenvalue weighted by molar-refractivity contribution is -0.110. The third kappa shape index (κ3) is 2.40. The van der Waals surface area contributed by atoms with Gasteiger partial charge in [0.1, 0.15) is 11.5 Å². The Morgan fingerprint density at radius 1 is 0.833 bits per heavy atom. The van der Waals surface area contributed by atoms with E-state index in [1.165, 1.54) is 18.2 Å². The zero-order valence-electron chi connectivity index (χ0n) is 13.8. The van der Waals surface area contributed by atoms with Crippen molar-refractivity contribution in [1.82, 2.24) is 0 Å². The van der Waals surface area contributed by atoms with Crippen LogP contribution in [0, 0.1) is 0 Å². The van der Waals surface area contributed by atoms with E-state index in [1.807, 2.05) is 20.8 Å². The minimum Gasteiger partial charge on any atom is -0.508 e. The van der Waals surface area contributed by atoms with E-state index in [2.05, 4.69) is 0 Å². The lowest BCUT2D eigenvalue weighted by atomic mass is 9.81. The first-order chi connectivity index (χ1) is 11.2. The monoisotopic (exact) mass is 322 g/mol. The van der Waals surface area contributed by atoms with E-state index < -0.39 is 11.6 Å². The number of carbonyl (C=O) groups is 2. The van der Waals surface area contributed by atoms with Crippen molar-refractivity contribution < 1.29 is 19.8 Å². The zero-order chi connectivity index (χ0) is 17.6. The average molecular weight is 322 g/mol. The first-order valence-electron chi connectivity index (χ1n) is 7.67. The summed E-state index contributed by atoms with van der Waals surface area (Å²) in [7, 11) is 0. The standard InChI is InChI=1S/C20H18O4/c1-20(2,3)14-10-11(8-9-15(14)21)16-17(22)12-6-4-5-7-13(12)18(23)19(16)24/h4-10,21-22H,1-3H3. The summed E-state index contributed by atoms with van der Waals surface area (Å²) in [6.45, 7) is 5.80. The van der Waals surface area contributed by atoms with E-state index >= 15 is 0 Å². The Morgan fingerprint density at radius 2 is 1.46 bits per heavy atom. The number of benzene rings is 2. The number of fused-ring (bicyclic) bond motifs is 1. The Kier molecular flexibility index (Phi) is 3.56. The molecular weight excluding hydrogens is 304 g/mol. The Morgan fingerprint density at radius 3 is 2.08 bits per heavy atom. The molecule has 2 aromatic rings. The molecule has 0 bridgehead atoms.